The molecule has 28 heavy (non-hydrogen) atoms. The molecule has 3 rings (SSSR count). The van der Waals surface area contributed by atoms with E-state index in [1.54, 1.807) is 0 Å². The Bertz CT molecular complexity index is 1100. The zero-order chi connectivity index (χ0) is 20.6. The first-order chi connectivity index (χ1) is 13.1. The summed E-state index contributed by atoms with van der Waals surface area (Å²) < 4.78 is 41.0. The van der Waals surface area contributed by atoms with Crippen LogP contribution in [0.1, 0.15) is 22.8 Å². The lowest BCUT2D eigenvalue weighted by atomic mass is 9.98. The summed E-state index contributed by atoms with van der Waals surface area (Å²) in [7, 11) is 1.40. The average molecular weight is 394 g/mol. The Kier molecular flexibility index (Phi) is 4.99. The number of amides is 1. The summed E-state index contributed by atoms with van der Waals surface area (Å²) in [5, 5.41) is 18.3. The van der Waals surface area contributed by atoms with Crippen LogP contribution in [0.2, 0.25) is 0 Å². The van der Waals surface area contributed by atoms with Gasteiger partial charge in [-0.25, -0.2) is 0 Å². The molecule has 1 unspecified atom stereocenters. The molecular weight excluding hydrogens is 377 g/mol. The van der Waals surface area contributed by atoms with Gasteiger partial charge in [-0.1, -0.05) is 0 Å². The summed E-state index contributed by atoms with van der Waals surface area (Å²) in [5.41, 5.74) is -1.35. The maximum atomic E-state index is 13.3. The number of aliphatic hydroxyl groups excluding tert-OH is 1. The van der Waals surface area contributed by atoms with Crippen molar-refractivity contribution in [2.45, 2.75) is 19.2 Å². The topological polar surface area (TPSA) is 100 Å². The third-order valence-corrected chi connectivity index (χ3v) is 4.18. The third kappa shape index (κ3) is 3.77. The Balaban J connectivity index is 2.20. The molecule has 1 amide bonds. The molecule has 2 heterocycles. The largest absolute Gasteiger partial charge is 0.416 e. The van der Waals surface area contributed by atoms with Crippen molar-refractivity contribution in [1.29, 1.82) is 0 Å². The monoisotopic (exact) mass is 394 g/mol. The van der Waals surface area contributed by atoms with E-state index in [1.165, 1.54) is 32.4 Å². The van der Waals surface area contributed by atoms with Gasteiger partial charge in [0.1, 0.15) is 0 Å². The van der Waals surface area contributed by atoms with E-state index in [2.05, 4.69) is 15.5 Å². The molecule has 0 saturated carbocycles. The van der Waals surface area contributed by atoms with Crippen LogP contribution in [0.5, 0.6) is 0 Å². The second kappa shape index (κ2) is 7.12. The van der Waals surface area contributed by atoms with Crippen molar-refractivity contribution in [3.8, 4) is 11.1 Å². The minimum atomic E-state index is -4.62. The summed E-state index contributed by atoms with van der Waals surface area (Å²) in [6.45, 7) is 1.48. The Morgan fingerprint density at radius 1 is 1.32 bits per heavy atom. The quantitative estimate of drug-likeness (QED) is 0.631. The summed E-state index contributed by atoms with van der Waals surface area (Å²) in [5.74, 6) is -0.562. The highest BCUT2D eigenvalue weighted by Gasteiger charge is 2.32. The summed E-state index contributed by atoms with van der Waals surface area (Å²) in [6, 6.07) is 3.02. The van der Waals surface area contributed by atoms with Crippen molar-refractivity contribution in [3.05, 3.63) is 52.1 Å². The number of hydrogen-bond acceptors (Lipinski definition) is 4. The lowest BCUT2D eigenvalue weighted by Gasteiger charge is -2.13. The minimum Gasteiger partial charge on any atom is -0.392 e. The predicted octanol–water partition coefficient (Wildman–Crippen LogP) is 2.06. The molecule has 2 aromatic heterocycles. The average Bonchev–Trinajstić information content (AvgIpc) is 3.09. The Hall–Kier alpha value is -3.14. The molecule has 0 saturated heterocycles. The van der Waals surface area contributed by atoms with Gasteiger partial charge in [-0.2, -0.15) is 18.3 Å². The van der Waals surface area contributed by atoms with Crippen LogP contribution in [0.4, 0.5) is 13.2 Å². The highest BCUT2D eigenvalue weighted by Crippen LogP contribution is 2.35. The first kappa shape index (κ1) is 19.6. The fraction of sp³-hybridized carbons (Fsp3) is 0.278. The summed E-state index contributed by atoms with van der Waals surface area (Å²) in [4.78, 5) is 24.9. The number of H-pyrrole nitrogens is 1. The van der Waals surface area contributed by atoms with E-state index < -0.39 is 29.3 Å². The Morgan fingerprint density at radius 2 is 2.04 bits per heavy atom. The molecule has 148 valence electrons. The van der Waals surface area contributed by atoms with Crippen molar-refractivity contribution in [2.75, 3.05) is 6.54 Å². The number of nitrogens with one attached hydrogen (secondary N) is 2. The number of nitrogens with zero attached hydrogens (tertiary/aromatic N) is 2. The SMILES string of the molecule is CC(O)CNC(=O)c1cc(-c2cc(C(F)(F)F)cc3[nH]ncc23)c(=O)n(C)c1. The number of pyridine rings is 1. The first-order valence-electron chi connectivity index (χ1n) is 8.29. The molecule has 0 aliphatic rings. The third-order valence-electron chi connectivity index (χ3n) is 4.18. The van der Waals surface area contributed by atoms with Crippen molar-refractivity contribution < 1.29 is 23.1 Å². The molecule has 3 aromatic rings. The second-order valence-electron chi connectivity index (χ2n) is 6.47. The number of halogens is 3. The number of rotatable bonds is 4. The van der Waals surface area contributed by atoms with Gasteiger partial charge in [0, 0.05) is 30.7 Å². The number of benzene rings is 1. The van der Waals surface area contributed by atoms with E-state index >= 15 is 0 Å². The maximum Gasteiger partial charge on any atom is 0.416 e. The zero-order valence-electron chi connectivity index (χ0n) is 15.0. The normalized spacial score (nSPS) is 12.9. The van der Waals surface area contributed by atoms with Crippen molar-refractivity contribution in [1.82, 2.24) is 20.1 Å². The van der Waals surface area contributed by atoms with Crippen LogP contribution in [0.3, 0.4) is 0 Å². The number of aryl methyl sites for hydroxylation is 1. The number of hydrogen-bond donors (Lipinski definition) is 3. The highest BCUT2D eigenvalue weighted by molar-refractivity contribution is 5.98. The molecule has 0 spiro atoms. The molecule has 0 fully saturated rings. The Morgan fingerprint density at radius 3 is 2.68 bits per heavy atom. The second-order valence-corrected chi connectivity index (χ2v) is 6.47. The maximum absolute atomic E-state index is 13.3. The molecule has 0 aliphatic heterocycles. The molecule has 1 atom stereocenters. The molecule has 0 aliphatic carbocycles. The number of aromatic amines is 1. The number of fused-ring (bicyclic) bond motifs is 1. The van der Waals surface area contributed by atoms with Crippen LogP contribution in [0.15, 0.2) is 35.4 Å². The highest BCUT2D eigenvalue weighted by atomic mass is 19.4. The van der Waals surface area contributed by atoms with Gasteiger partial charge in [-0.3, -0.25) is 14.7 Å². The van der Waals surface area contributed by atoms with Crippen LogP contribution in [-0.4, -0.2) is 38.4 Å². The minimum absolute atomic E-state index is 0.00740. The smallest absolute Gasteiger partial charge is 0.392 e. The van der Waals surface area contributed by atoms with Crippen molar-refractivity contribution >= 4 is 16.8 Å². The molecule has 0 radical (unpaired) electrons. The first-order valence-corrected chi connectivity index (χ1v) is 8.29. The van der Waals surface area contributed by atoms with Crippen LogP contribution in [0, 0.1) is 0 Å². The van der Waals surface area contributed by atoms with Crippen LogP contribution < -0.4 is 10.9 Å². The van der Waals surface area contributed by atoms with Crippen molar-refractivity contribution in [3.63, 3.8) is 0 Å². The molecule has 7 nitrogen and oxygen atoms in total. The van der Waals surface area contributed by atoms with Gasteiger partial charge in [-0.05, 0) is 30.7 Å². The lowest BCUT2D eigenvalue weighted by Crippen LogP contribution is -2.32. The summed E-state index contributed by atoms with van der Waals surface area (Å²) in [6.07, 6.45) is -2.79. The number of aliphatic hydroxyl groups is 1. The number of aromatic nitrogens is 3. The molecular formula is C18H17F3N4O3. The van der Waals surface area contributed by atoms with E-state index in [0.29, 0.717) is 5.39 Å². The van der Waals surface area contributed by atoms with Crippen LogP contribution in [0.25, 0.3) is 22.0 Å². The van der Waals surface area contributed by atoms with E-state index in [9.17, 15) is 27.9 Å². The zero-order valence-corrected chi connectivity index (χ0v) is 15.0. The van der Waals surface area contributed by atoms with E-state index in [1.807, 2.05) is 0 Å². The number of alkyl halides is 3. The van der Waals surface area contributed by atoms with Crippen LogP contribution >= 0.6 is 0 Å². The lowest BCUT2D eigenvalue weighted by molar-refractivity contribution is -0.137. The molecule has 3 N–H and O–H groups in total. The summed E-state index contributed by atoms with van der Waals surface area (Å²) >= 11 is 0. The fourth-order valence-electron chi connectivity index (χ4n) is 2.81. The number of carbonyl (C=O) groups is 1. The molecule has 1 aromatic carbocycles. The fourth-order valence-corrected chi connectivity index (χ4v) is 2.81. The van der Waals surface area contributed by atoms with Gasteiger partial charge < -0.3 is 15.0 Å². The van der Waals surface area contributed by atoms with Gasteiger partial charge in [0.2, 0.25) is 0 Å². The standard InChI is InChI=1S/C18H17F3N4O3/c1-9(26)6-22-16(27)10-3-13(17(28)25(2)8-10)12-4-11(18(19,20)21)5-15-14(12)7-23-24-15/h3-5,7-9,26H,6H2,1-2H3,(H,22,27)(H,23,24). The van der Waals surface area contributed by atoms with E-state index in [0.717, 1.165) is 16.7 Å². The van der Waals surface area contributed by atoms with Gasteiger partial charge >= 0.3 is 6.18 Å². The van der Waals surface area contributed by atoms with Gasteiger partial charge in [0.15, 0.2) is 0 Å². The van der Waals surface area contributed by atoms with Gasteiger partial charge in [0.25, 0.3) is 11.5 Å². The Labute approximate surface area is 156 Å². The molecule has 10 heteroatoms. The molecule has 0 bridgehead atoms. The van der Waals surface area contributed by atoms with E-state index in [-0.39, 0.29) is 28.8 Å². The predicted molar refractivity (Wildman–Crippen MR) is 95.8 cm³/mol. The van der Waals surface area contributed by atoms with Gasteiger partial charge in [-0.15, -0.1) is 0 Å². The van der Waals surface area contributed by atoms with Crippen LogP contribution in [-0.2, 0) is 13.2 Å². The van der Waals surface area contributed by atoms with E-state index in [4.69, 9.17) is 0 Å². The van der Waals surface area contributed by atoms with Gasteiger partial charge in [0.05, 0.1) is 28.9 Å². The van der Waals surface area contributed by atoms with Crippen molar-refractivity contribution in [2.24, 2.45) is 7.05 Å². The number of carbonyl (C=O) groups excluding carboxylic acids is 1.